The van der Waals surface area contributed by atoms with Crippen LogP contribution in [0.3, 0.4) is 0 Å². The maximum atomic E-state index is 15.7. The van der Waals surface area contributed by atoms with E-state index in [4.69, 9.17) is 4.74 Å². The summed E-state index contributed by atoms with van der Waals surface area (Å²) in [5.41, 5.74) is -0.324. The topological polar surface area (TPSA) is 62.7 Å². The van der Waals surface area contributed by atoms with Gasteiger partial charge in [-0.05, 0) is 69.1 Å². The Hall–Kier alpha value is -2.92. The molecule has 1 aliphatic rings. The zero-order valence-corrected chi connectivity index (χ0v) is 22.2. The number of carboxylic acids is 1. The molecule has 1 aliphatic heterocycles. The molecule has 1 saturated heterocycles. The molecule has 5 nitrogen and oxygen atoms in total. The number of hydrogen-bond acceptors (Lipinski definition) is 5. The molecular formula is C28H29F5N2O3S. The highest BCUT2D eigenvalue weighted by Gasteiger charge is 2.41. The van der Waals surface area contributed by atoms with E-state index in [0.717, 1.165) is 12.1 Å². The van der Waals surface area contributed by atoms with Crippen LogP contribution in [0, 0.1) is 22.9 Å². The van der Waals surface area contributed by atoms with Crippen molar-refractivity contribution in [2.45, 2.75) is 43.4 Å². The zero-order chi connectivity index (χ0) is 28.2. The minimum atomic E-state index is -1.59. The van der Waals surface area contributed by atoms with Crippen LogP contribution in [0.1, 0.15) is 43.0 Å². The molecule has 0 spiro atoms. The highest BCUT2D eigenvalue weighted by Crippen LogP contribution is 2.41. The summed E-state index contributed by atoms with van der Waals surface area (Å²) in [6, 6.07) is 6.85. The van der Waals surface area contributed by atoms with Crippen LogP contribution in [0.2, 0.25) is 0 Å². The van der Waals surface area contributed by atoms with Crippen molar-refractivity contribution in [3.8, 4) is 5.75 Å². The Morgan fingerprint density at radius 2 is 1.87 bits per heavy atom. The SMILES string of the molecule is COc1ccc2ncc(CF)c([C@@H](F)CCC3(C(=O)O)CCN(CCSc4cc(F)c(F)c(F)c4)CC3)c2c1. The number of benzene rings is 2. The van der Waals surface area contributed by atoms with Crippen LogP contribution in [-0.4, -0.2) is 53.5 Å². The average Bonchev–Trinajstić information content (AvgIpc) is 2.94. The number of fused-ring (bicyclic) bond motifs is 1. The van der Waals surface area contributed by atoms with Crippen LogP contribution < -0.4 is 4.74 Å². The Balaban J connectivity index is 1.38. The maximum Gasteiger partial charge on any atom is 0.309 e. The van der Waals surface area contributed by atoms with Crippen molar-refractivity contribution in [1.29, 1.82) is 0 Å². The Kier molecular flexibility index (Phi) is 9.32. The van der Waals surface area contributed by atoms with Gasteiger partial charge in [0, 0.05) is 39.9 Å². The number of methoxy groups -OCH3 is 1. The first-order valence-electron chi connectivity index (χ1n) is 12.6. The van der Waals surface area contributed by atoms with E-state index < -0.39 is 41.7 Å². The van der Waals surface area contributed by atoms with Gasteiger partial charge in [0.25, 0.3) is 0 Å². The summed E-state index contributed by atoms with van der Waals surface area (Å²) >= 11 is 1.18. The molecule has 0 bridgehead atoms. The molecule has 39 heavy (non-hydrogen) atoms. The lowest BCUT2D eigenvalue weighted by molar-refractivity contribution is -0.153. The number of rotatable bonds is 11. The fourth-order valence-electron chi connectivity index (χ4n) is 5.07. The van der Waals surface area contributed by atoms with Crippen LogP contribution in [0.4, 0.5) is 22.0 Å². The Morgan fingerprint density at radius 3 is 2.49 bits per heavy atom. The van der Waals surface area contributed by atoms with E-state index in [1.165, 1.54) is 25.1 Å². The lowest BCUT2D eigenvalue weighted by Gasteiger charge is -2.39. The first-order chi connectivity index (χ1) is 18.7. The molecule has 0 radical (unpaired) electrons. The van der Waals surface area contributed by atoms with Crippen LogP contribution in [0.25, 0.3) is 10.9 Å². The van der Waals surface area contributed by atoms with Gasteiger partial charge in [-0.2, -0.15) is 0 Å². The van der Waals surface area contributed by atoms with Crippen LogP contribution in [0.5, 0.6) is 5.75 Å². The Bertz CT molecular complexity index is 1310. The normalized spacial score (nSPS) is 16.4. The van der Waals surface area contributed by atoms with Gasteiger partial charge in [0.1, 0.15) is 18.6 Å². The predicted octanol–water partition coefficient (Wildman–Crippen LogP) is 6.88. The van der Waals surface area contributed by atoms with E-state index in [9.17, 15) is 27.5 Å². The largest absolute Gasteiger partial charge is 0.497 e. The maximum absolute atomic E-state index is 15.7. The van der Waals surface area contributed by atoms with Gasteiger partial charge in [-0.25, -0.2) is 22.0 Å². The first kappa shape index (κ1) is 29.1. The summed E-state index contributed by atoms with van der Waals surface area (Å²) in [4.78, 5) is 18.8. The molecule has 0 unspecified atom stereocenters. The van der Waals surface area contributed by atoms with Crippen molar-refractivity contribution in [2.24, 2.45) is 5.41 Å². The van der Waals surface area contributed by atoms with Gasteiger partial charge >= 0.3 is 5.97 Å². The lowest BCUT2D eigenvalue weighted by Crippen LogP contribution is -2.45. The highest BCUT2D eigenvalue weighted by molar-refractivity contribution is 7.99. The van der Waals surface area contributed by atoms with Crippen molar-refractivity contribution in [1.82, 2.24) is 9.88 Å². The third kappa shape index (κ3) is 6.46. The van der Waals surface area contributed by atoms with Crippen LogP contribution in [0.15, 0.2) is 41.4 Å². The molecule has 2 heterocycles. The molecule has 1 N–H and O–H groups in total. The predicted molar refractivity (Wildman–Crippen MR) is 139 cm³/mol. The highest BCUT2D eigenvalue weighted by atomic mass is 32.2. The number of aromatic nitrogens is 1. The smallest absolute Gasteiger partial charge is 0.309 e. The number of hydrogen-bond donors (Lipinski definition) is 1. The number of halogens is 5. The van der Waals surface area contributed by atoms with E-state index in [1.807, 2.05) is 4.90 Å². The summed E-state index contributed by atoms with van der Waals surface area (Å²) in [5, 5.41) is 10.5. The third-order valence-electron chi connectivity index (χ3n) is 7.43. The fraction of sp³-hybridized carbons (Fsp3) is 0.429. The second-order valence-corrected chi connectivity index (χ2v) is 10.9. The molecule has 1 fully saturated rings. The number of carboxylic acid groups (broad SMARTS) is 1. The fourth-order valence-corrected chi connectivity index (χ4v) is 6.03. The Labute approximate surface area is 227 Å². The molecule has 11 heteroatoms. The molecule has 0 aliphatic carbocycles. The summed E-state index contributed by atoms with van der Waals surface area (Å²) in [6.45, 7) is 0.559. The van der Waals surface area contributed by atoms with Crippen molar-refractivity contribution in [2.75, 3.05) is 32.5 Å². The van der Waals surface area contributed by atoms with Crippen LogP contribution >= 0.6 is 11.8 Å². The van der Waals surface area contributed by atoms with E-state index in [1.54, 1.807) is 18.2 Å². The average molecular weight is 569 g/mol. The van der Waals surface area contributed by atoms with E-state index >= 15 is 4.39 Å². The summed E-state index contributed by atoms with van der Waals surface area (Å²) in [6.07, 6.45) is 0.332. The number of ether oxygens (including phenoxy) is 1. The number of pyridine rings is 1. The van der Waals surface area contributed by atoms with Crippen molar-refractivity contribution < 1.29 is 36.6 Å². The van der Waals surface area contributed by atoms with Crippen molar-refractivity contribution in [3.63, 3.8) is 0 Å². The van der Waals surface area contributed by atoms with Gasteiger partial charge in [-0.3, -0.25) is 9.78 Å². The van der Waals surface area contributed by atoms with Crippen molar-refractivity contribution >= 4 is 28.6 Å². The molecule has 0 amide bonds. The molecule has 1 aromatic heterocycles. The summed E-state index contributed by atoms with van der Waals surface area (Å²) in [5.74, 6) is -4.03. The Morgan fingerprint density at radius 1 is 1.18 bits per heavy atom. The van der Waals surface area contributed by atoms with Gasteiger partial charge in [0.05, 0.1) is 18.0 Å². The standard InChI is InChI=1S/C28H29F5N2O3S/c1-38-18-2-3-24-20(12-18)25(17(15-29)16-34-24)21(30)4-5-28(27(36)37)6-8-35(9-7-28)10-11-39-19-13-22(31)26(33)23(32)14-19/h2-3,12-14,16,21H,4-11,15H2,1H3,(H,36,37)/t21-/m0/s1. The van der Waals surface area contributed by atoms with Gasteiger partial charge in [0.15, 0.2) is 17.5 Å². The van der Waals surface area contributed by atoms with Gasteiger partial charge in [-0.1, -0.05) is 0 Å². The van der Waals surface area contributed by atoms with E-state index in [2.05, 4.69) is 4.98 Å². The number of thioether (sulfide) groups is 1. The number of nitrogens with zero attached hydrogens (tertiary/aromatic N) is 2. The first-order valence-corrected chi connectivity index (χ1v) is 13.5. The van der Waals surface area contributed by atoms with E-state index in [0.29, 0.717) is 54.9 Å². The molecule has 4 rings (SSSR count). The molecular weight excluding hydrogens is 539 g/mol. The molecule has 0 saturated carbocycles. The molecule has 3 aromatic rings. The van der Waals surface area contributed by atoms with Gasteiger partial charge < -0.3 is 14.7 Å². The summed E-state index contributed by atoms with van der Waals surface area (Å²) < 4.78 is 74.7. The monoisotopic (exact) mass is 568 g/mol. The third-order valence-corrected chi connectivity index (χ3v) is 8.39. The van der Waals surface area contributed by atoms with E-state index in [-0.39, 0.29) is 28.9 Å². The number of likely N-dealkylation sites (tertiary alicyclic amines) is 1. The minimum absolute atomic E-state index is 0.0831. The minimum Gasteiger partial charge on any atom is -0.497 e. The number of aliphatic carboxylic acids is 1. The van der Waals surface area contributed by atoms with Gasteiger partial charge in [0.2, 0.25) is 0 Å². The number of piperidine rings is 1. The molecule has 210 valence electrons. The molecule has 1 atom stereocenters. The second kappa shape index (κ2) is 12.5. The number of carbonyl (C=O) groups is 1. The quantitative estimate of drug-likeness (QED) is 0.155. The number of alkyl halides is 2. The second-order valence-electron chi connectivity index (χ2n) is 9.70. The molecule has 2 aromatic carbocycles. The zero-order valence-electron chi connectivity index (χ0n) is 21.4. The van der Waals surface area contributed by atoms with Crippen molar-refractivity contribution in [3.05, 3.63) is 65.1 Å². The van der Waals surface area contributed by atoms with Crippen LogP contribution in [-0.2, 0) is 11.5 Å². The summed E-state index contributed by atoms with van der Waals surface area (Å²) in [7, 11) is 1.48. The lowest BCUT2D eigenvalue weighted by atomic mass is 9.74. The van der Waals surface area contributed by atoms with Gasteiger partial charge in [-0.15, -0.1) is 11.8 Å².